The molecule has 25 heavy (non-hydrogen) atoms. The minimum Gasteiger partial charge on any atom is -0.395 e. The van der Waals surface area contributed by atoms with Gasteiger partial charge in [-0.05, 0) is 37.0 Å². The Morgan fingerprint density at radius 1 is 1.40 bits per heavy atom. The summed E-state index contributed by atoms with van der Waals surface area (Å²) in [5.74, 6) is -0.515. The SMILES string of the molecule is Cn1nc(C(=O)NCc2ccc(F)cc2)c2c1CCC(NCCO)C2. The molecule has 2 aromatic rings. The fourth-order valence-corrected chi connectivity index (χ4v) is 3.28. The first kappa shape index (κ1) is 17.6. The molecular formula is C18H23FN4O2. The van der Waals surface area contributed by atoms with Crippen molar-refractivity contribution in [1.29, 1.82) is 0 Å². The molecular weight excluding hydrogens is 323 g/mol. The van der Waals surface area contributed by atoms with Crippen molar-refractivity contribution in [1.82, 2.24) is 20.4 Å². The van der Waals surface area contributed by atoms with Gasteiger partial charge in [0.2, 0.25) is 0 Å². The van der Waals surface area contributed by atoms with Crippen LogP contribution in [-0.2, 0) is 26.4 Å². The number of fused-ring (bicyclic) bond motifs is 1. The van der Waals surface area contributed by atoms with E-state index < -0.39 is 0 Å². The molecule has 0 fully saturated rings. The van der Waals surface area contributed by atoms with Crippen LogP contribution in [0.2, 0.25) is 0 Å². The van der Waals surface area contributed by atoms with E-state index in [1.165, 1.54) is 12.1 Å². The van der Waals surface area contributed by atoms with E-state index in [4.69, 9.17) is 5.11 Å². The maximum atomic E-state index is 12.9. The van der Waals surface area contributed by atoms with Gasteiger partial charge in [-0.1, -0.05) is 12.1 Å². The first-order chi connectivity index (χ1) is 12.1. The Morgan fingerprint density at radius 2 is 2.16 bits per heavy atom. The predicted octanol–water partition coefficient (Wildman–Crippen LogP) is 0.928. The maximum Gasteiger partial charge on any atom is 0.272 e. The molecule has 134 valence electrons. The number of aliphatic hydroxyl groups excluding tert-OH is 1. The van der Waals surface area contributed by atoms with Gasteiger partial charge in [-0.15, -0.1) is 0 Å². The van der Waals surface area contributed by atoms with Crippen molar-refractivity contribution in [2.45, 2.75) is 31.8 Å². The molecule has 3 N–H and O–H groups in total. The van der Waals surface area contributed by atoms with Gasteiger partial charge in [0, 0.05) is 37.4 Å². The van der Waals surface area contributed by atoms with E-state index in [1.807, 2.05) is 7.05 Å². The first-order valence-electron chi connectivity index (χ1n) is 8.50. The van der Waals surface area contributed by atoms with Crippen LogP contribution in [0.4, 0.5) is 4.39 Å². The molecule has 1 aliphatic carbocycles. The molecule has 0 radical (unpaired) electrons. The number of rotatable bonds is 6. The second-order valence-corrected chi connectivity index (χ2v) is 6.32. The Morgan fingerprint density at radius 3 is 2.88 bits per heavy atom. The lowest BCUT2D eigenvalue weighted by Crippen LogP contribution is -2.37. The number of nitrogens with zero attached hydrogens (tertiary/aromatic N) is 2. The normalized spacial score (nSPS) is 16.5. The lowest BCUT2D eigenvalue weighted by Gasteiger charge is -2.23. The Hall–Kier alpha value is -2.25. The minimum atomic E-state index is -0.296. The number of hydrogen-bond donors (Lipinski definition) is 3. The second kappa shape index (κ2) is 7.76. The fraction of sp³-hybridized carbons (Fsp3) is 0.444. The molecule has 1 amide bonds. The van der Waals surface area contributed by atoms with Gasteiger partial charge in [0.25, 0.3) is 5.91 Å². The smallest absolute Gasteiger partial charge is 0.272 e. The van der Waals surface area contributed by atoms with Gasteiger partial charge in [0.05, 0.1) is 6.61 Å². The molecule has 1 unspecified atom stereocenters. The molecule has 1 aromatic heterocycles. The van der Waals surface area contributed by atoms with E-state index in [0.29, 0.717) is 18.8 Å². The van der Waals surface area contributed by atoms with Crippen molar-refractivity contribution in [2.75, 3.05) is 13.2 Å². The van der Waals surface area contributed by atoms with Crippen LogP contribution in [0.1, 0.15) is 33.7 Å². The van der Waals surface area contributed by atoms with Crippen LogP contribution >= 0.6 is 0 Å². The Labute approximate surface area is 146 Å². The van der Waals surface area contributed by atoms with Gasteiger partial charge in [0.1, 0.15) is 5.82 Å². The van der Waals surface area contributed by atoms with Crippen molar-refractivity contribution in [2.24, 2.45) is 7.05 Å². The highest BCUT2D eigenvalue weighted by Crippen LogP contribution is 2.24. The van der Waals surface area contributed by atoms with Crippen molar-refractivity contribution in [3.05, 3.63) is 52.6 Å². The van der Waals surface area contributed by atoms with Crippen LogP contribution in [0, 0.1) is 5.82 Å². The third-order valence-corrected chi connectivity index (χ3v) is 4.58. The summed E-state index contributed by atoms with van der Waals surface area (Å²) in [4.78, 5) is 12.6. The van der Waals surface area contributed by atoms with E-state index >= 15 is 0 Å². The molecule has 1 atom stereocenters. The van der Waals surface area contributed by atoms with Gasteiger partial charge >= 0.3 is 0 Å². The monoisotopic (exact) mass is 346 g/mol. The number of aliphatic hydroxyl groups is 1. The third kappa shape index (κ3) is 4.05. The summed E-state index contributed by atoms with van der Waals surface area (Å²) < 4.78 is 14.7. The number of halogens is 1. The minimum absolute atomic E-state index is 0.0986. The highest BCUT2D eigenvalue weighted by atomic mass is 19.1. The van der Waals surface area contributed by atoms with E-state index in [2.05, 4.69) is 15.7 Å². The molecule has 0 saturated carbocycles. The van der Waals surface area contributed by atoms with E-state index in [0.717, 1.165) is 36.1 Å². The number of benzene rings is 1. The van der Waals surface area contributed by atoms with Crippen LogP contribution < -0.4 is 10.6 Å². The highest BCUT2D eigenvalue weighted by molar-refractivity contribution is 5.94. The molecule has 7 heteroatoms. The lowest BCUT2D eigenvalue weighted by atomic mass is 9.91. The van der Waals surface area contributed by atoms with Crippen LogP contribution in [0.15, 0.2) is 24.3 Å². The lowest BCUT2D eigenvalue weighted by molar-refractivity contribution is 0.0944. The zero-order valence-electron chi connectivity index (χ0n) is 14.3. The largest absolute Gasteiger partial charge is 0.395 e. The summed E-state index contributed by atoms with van der Waals surface area (Å²) in [6.07, 6.45) is 2.54. The van der Waals surface area contributed by atoms with Crippen molar-refractivity contribution >= 4 is 5.91 Å². The molecule has 1 heterocycles. The zero-order chi connectivity index (χ0) is 17.8. The zero-order valence-corrected chi connectivity index (χ0v) is 14.3. The number of nitrogens with one attached hydrogen (secondary N) is 2. The van der Waals surface area contributed by atoms with Gasteiger partial charge in [-0.2, -0.15) is 5.10 Å². The summed E-state index contributed by atoms with van der Waals surface area (Å²) in [5, 5.41) is 19.5. The summed E-state index contributed by atoms with van der Waals surface area (Å²) in [7, 11) is 1.86. The molecule has 0 aliphatic heterocycles. The number of aromatic nitrogens is 2. The van der Waals surface area contributed by atoms with Gasteiger partial charge in [0.15, 0.2) is 5.69 Å². The molecule has 6 nitrogen and oxygen atoms in total. The number of amides is 1. The predicted molar refractivity (Wildman–Crippen MR) is 91.7 cm³/mol. The fourth-order valence-electron chi connectivity index (χ4n) is 3.28. The summed E-state index contributed by atoms with van der Waals surface area (Å²) in [6.45, 7) is 0.977. The van der Waals surface area contributed by atoms with Gasteiger partial charge in [-0.25, -0.2) is 4.39 Å². The molecule has 0 spiro atoms. The third-order valence-electron chi connectivity index (χ3n) is 4.58. The second-order valence-electron chi connectivity index (χ2n) is 6.32. The van der Waals surface area contributed by atoms with E-state index in [9.17, 15) is 9.18 Å². The molecule has 3 rings (SSSR count). The van der Waals surface area contributed by atoms with Crippen molar-refractivity contribution in [3.63, 3.8) is 0 Å². The summed E-state index contributed by atoms with van der Waals surface area (Å²) in [5.41, 5.74) is 3.35. The van der Waals surface area contributed by atoms with Crippen LogP contribution in [0.5, 0.6) is 0 Å². The number of hydrogen-bond acceptors (Lipinski definition) is 4. The molecule has 1 aromatic carbocycles. The Bertz CT molecular complexity index is 742. The Kier molecular flexibility index (Phi) is 5.45. The Balaban J connectivity index is 1.69. The van der Waals surface area contributed by atoms with E-state index in [-0.39, 0.29) is 24.4 Å². The van der Waals surface area contributed by atoms with Gasteiger partial charge in [-0.3, -0.25) is 9.48 Å². The summed E-state index contributed by atoms with van der Waals surface area (Å²) in [6, 6.07) is 6.30. The highest BCUT2D eigenvalue weighted by Gasteiger charge is 2.27. The standard InChI is InChI=1S/C18H23FN4O2/c1-23-16-7-6-14(20-8-9-24)10-15(16)17(22-23)18(25)21-11-12-2-4-13(19)5-3-12/h2-5,14,20,24H,6-11H2,1H3,(H,21,25). The van der Waals surface area contributed by atoms with Gasteiger partial charge < -0.3 is 15.7 Å². The average Bonchev–Trinajstić information content (AvgIpc) is 2.95. The first-order valence-corrected chi connectivity index (χ1v) is 8.50. The van der Waals surface area contributed by atoms with Crippen molar-refractivity contribution < 1.29 is 14.3 Å². The molecule has 0 bridgehead atoms. The van der Waals surface area contributed by atoms with Crippen LogP contribution in [0.3, 0.4) is 0 Å². The van der Waals surface area contributed by atoms with Crippen LogP contribution in [-0.4, -0.2) is 40.0 Å². The van der Waals surface area contributed by atoms with E-state index in [1.54, 1.807) is 16.8 Å². The average molecular weight is 346 g/mol. The number of carbonyl (C=O) groups excluding carboxylic acids is 1. The molecule has 1 aliphatic rings. The topological polar surface area (TPSA) is 79.2 Å². The number of carbonyl (C=O) groups is 1. The van der Waals surface area contributed by atoms with Crippen molar-refractivity contribution in [3.8, 4) is 0 Å². The molecule has 0 saturated heterocycles. The maximum absolute atomic E-state index is 12.9. The van der Waals surface area contributed by atoms with Crippen LogP contribution in [0.25, 0.3) is 0 Å². The summed E-state index contributed by atoms with van der Waals surface area (Å²) >= 11 is 0. The quantitative estimate of drug-likeness (QED) is 0.727. The number of aryl methyl sites for hydroxylation is 1.